The first kappa shape index (κ1) is 8.82. The van der Waals surface area contributed by atoms with Crippen molar-refractivity contribution in [2.24, 2.45) is 0 Å². The molecule has 0 bridgehead atoms. The van der Waals surface area contributed by atoms with E-state index in [9.17, 15) is 9.18 Å². The lowest BCUT2D eigenvalue weighted by Gasteiger charge is -1.93. The van der Waals surface area contributed by atoms with Crippen LogP contribution in [0.25, 0.3) is 0 Å². The molecule has 0 saturated heterocycles. The molecule has 0 saturated carbocycles. The van der Waals surface area contributed by atoms with Gasteiger partial charge in [-0.15, -0.1) is 0 Å². The van der Waals surface area contributed by atoms with Crippen LogP contribution >= 0.6 is 0 Å². The second-order valence-corrected chi connectivity index (χ2v) is 1.73. The maximum Gasteiger partial charge on any atom is 0.162 e. The van der Waals surface area contributed by atoms with Crippen LogP contribution in [0.4, 0.5) is 4.39 Å². The maximum absolute atomic E-state index is 12.5. The highest BCUT2D eigenvalue weighted by Crippen LogP contribution is 2.08. The molecule has 1 nitrogen and oxygen atoms in total. The summed E-state index contributed by atoms with van der Waals surface area (Å²) < 4.78 is 12.5. The maximum atomic E-state index is 12.5. The highest BCUT2D eigenvalue weighted by Gasteiger charge is 2.03. The first-order valence-corrected chi connectivity index (χ1v) is 2.79. The number of Topliss-reactive ketones (excluding diaryl/α,β-unsaturated/α-hetero) is 1. The highest BCUT2D eigenvalue weighted by atomic mass is 19.1. The molecule has 10 heavy (non-hydrogen) atoms. The first-order valence-electron chi connectivity index (χ1n) is 2.79. The second-order valence-electron chi connectivity index (χ2n) is 1.73. The third kappa shape index (κ3) is 1.97. The van der Waals surface area contributed by atoms with Gasteiger partial charge in [0.1, 0.15) is 5.83 Å². The summed E-state index contributed by atoms with van der Waals surface area (Å²) in [6, 6.07) is 0. The van der Waals surface area contributed by atoms with Gasteiger partial charge in [0.2, 0.25) is 0 Å². The number of hydrogen-bond acceptors (Lipinski definition) is 1. The zero-order valence-corrected chi connectivity index (χ0v) is 5.86. The molecule has 0 aliphatic carbocycles. The summed E-state index contributed by atoms with van der Waals surface area (Å²) in [5.41, 5.74) is -0.0185. The second kappa shape index (κ2) is 3.77. The van der Waals surface area contributed by atoms with Crippen LogP contribution in [0.15, 0.2) is 36.7 Å². The fourth-order valence-electron chi connectivity index (χ4n) is 0.519. The van der Waals surface area contributed by atoms with E-state index >= 15 is 0 Å². The van der Waals surface area contributed by atoms with Crippen LogP contribution < -0.4 is 0 Å². The average Bonchev–Trinajstić information content (AvgIpc) is 1.88. The lowest BCUT2D eigenvalue weighted by atomic mass is 10.1. The minimum absolute atomic E-state index is 0.0185. The first-order chi connectivity index (χ1) is 4.63. The summed E-state index contributed by atoms with van der Waals surface area (Å²) in [7, 11) is 0. The van der Waals surface area contributed by atoms with E-state index in [-0.39, 0.29) is 11.4 Å². The molecule has 0 radical (unpaired) electrons. The zero-order valence-electron chi connectivity index (χ0n) is 5.86. The SMILES string of the molecule is C=C/C(F)=C(\C=C)C(C)=O. The van der Waals surface area contributed by atoms with Crippen LogP contribution in [0.3, 0.4) is 0 Å². The molecule has 0 unspecified atom stereocenters. The Hall–Kier alpha value is -1.18. The van der Waals surface area contributed by atoms with Crippen LogP contribution in [0.2, 0.25) is 0 Å². The minimum atomic E-state index is -0.623. The van der Waals surface area contributed by atoms with Crippen molar-refractivity contribution in [2.45, 2.75) is 6.92 Å². The topological polar surface area (TPSA) is 17.1 Å². The molecule has 54 valence electrons. The van der Waals surface area contributed by atoms with Crippen molar-refractivity contribution >= 4 is 5.78 Å². The minimum Gasteiger partial charge on any atom is -0.294 e. The molecule has 0 rings (SSSR count). The summed E-state index contributed by atoms with van der Waals surface area (Å²) in [5.74, 6) is -0.963. The number of ketones is 1. The molecule has 0 aromatic carbocycles. The largest absolute Gasteiger partial charge is 0.294 e. The Morgan fingerprint density at radius 2 is 1.90 bits per heavy atom. The fourth-order valence-corrected chi connectivity index (χ4v) is 0.519. The number of hydrogen-bond donors (Lipinski definition) is 0. The predicted molar refractivity (Wildman–Crippen MR) is 39.2 cm³/mol. The van der Waals surface area contributed by atoms with E-state index in [0.29, 0.717) is 0 Å². The van der Waals surface area contributed by atoms with E-state index in [4.69, 9.17) is 0 Å². The third-order valence-corrected chi connectivity index (χ3v) is 1.02. The Balaban J connectivity index is 4.79. The van der Waals surface area contributed by atoms with E-state index in [1.54, 1.807) is 0 Å². The summed E-state index contributed by atoms with van der Waals surface area (Å²) in [6.45, 7) is 7.74. The fraction of sp³-hybridized carbons (Fsp3) is 0.125. The number of allylic oxidation sites excluding steroid dienone is 4. The lowest BCUT2D eigenvalue weighted by Crippen LogP contribution is -1.94. The number of rotatable bonds is 3. The van der Waals surface area contributed by atoms with Gasteiger partial charge in [0.15, 0.2) is 5.78 Å². The zero-order chi connectivity index (χ0) is 8.15. The molecule has 0 amide bonds. The molecule has 0 heterocycles. The molecular weight excluding hydrogens is 131 g/mol. The van der Waals surface area contributed by atoms with Gasteiger partial charge in [0.05, 0.1) is 5.57 Å². The Bertz CT molecular complexity index is 201. The van der Waals surface area contributed by atoms with Gasteiger partial charge in [-0.2, -0.15) is 0 Å². The van der Waals surface area contributed by atoms with Crippen molar-refractivity contribution < 1.29 is 9.18 Å². The molecule has 0 aromatic heterocycles. The van der Waals surface area contributed by atoms with Crippen LogP contribution in [-0.4, -0.2) is 5.78 Å². The molecule has 0 aliphatic rings. The van der Waals surface area contributed by atoms with Gasteiger partial charge in [-0.3, -0.25) is 4.79 Å². The van der Waals surface area contributed by atoms with Gasteiger partial charge in [-0.25, -0.2) is 4.39 Å². The summed E-state index contributed by atoms with van der Waals surface area (Å²) in [6.07, 6.45) is 2.16. The van der Waals surface area contributed by atoms with Gasteiger partial charge in [0, 0.05) is 0 Å². The molecule has 0 atom stereocenters. The Morgan fingerprint density at radius 1 is 1.40 bits per heavy atom. The van der Waals surface area contributed by atoms with Crippen molar-refractivity contribution in [3.8, 4) is 0 Å². The van der Waals surface area contributed by atoms with Crippen LogP contribution in [0.5, 0.6) is 0 Å². The van der Waals surface area contributed by atoms with E-state index in [1.807, 2.05) is 0 Å². The standard InChI is InChI=1S/C8H9FO/c1-4-7(6(3)10)8(9)5-2/h4-5H,1-2H2,3H3/b8-7-. The molecule has 0 fully saturated rings. The van der Waals surface area contributed by atoms with Crippen LogP contribution in [0.1, 0.15) is 6.92 Å². The number of halogens is 1. The van der Waals surface area contributed by atoms with Gasteiger partial charge in [-0.05, 0) is 13.0 Å². The lowest BCUT2D eigenvalue weighted by molar-refractivity contribution is -0.113. The summed E-state index contributed by atoms with van der Waals surface area (Å²) in [5, 5.41) is 0. The molecular formula is C8H9FO. The highest BCUT2D eigenvalue weighted by molar-refractivity contribution is 5.96. The van der Waals surface area contributed by atoms with Crippen LogP contribution in [0, 0.1) is 0 Å². The number of carbonyl (C=O) groups is 1. The van der Waals surface area contributed by atoms with Gasteiger partial charge >= 0.3 is 0 Å². The van der Waals surface area contributed by atoms with E-state index < -0.39 is 5.83 Å². The molecule has 0 spiro atoms. The summed E-state index contributed by atoms with van der Waals surface area (Å²) in [4.78, 5) is 10.6. The summed E-state index contributed by atoms with van der Waals surface area (Å²) >= 11 is 0. The van der Waals surface area contributed by atoms with Crippen molar-refractivity contribution in [3.05, 3.63) is 36.7 Å². The van der Waals surface area contributed by atoms with E-state index in [0.717, 1.165) is 6.08 Å². The quantitative estimate of drug-likeness (QED) is 0.433. The number of carbonyl (C=O) groups excluding carboxylic acids is 1. The monoisotopic (exact) mass is 140 g/mol. The third-order valence-electron chi connectivity index (χ3n) is 1.02. The van der Waals surface area contributed by atoms with Crippen molar-refractivity contribution in [3.63, 3.8) is 0 Å². The Kier molecular flexibility index (Phi) is 3.33. The molecule has 0 aliphatic heterocycles. The van der Waals surface area contributed by atoms with E-state index in [1.165, 1.54) is 13.0 Å². The normalized spacial score (nSPS) is 11.8. The van der Waals surface area contributed by atoms with Crippen molar-refractivity contribution in [1.29, 1.82) is 0 Å². The van der Waals surface area contributed by atoms with Gasteiger partial charge < -0.3 is 0 Å². The molecule has 0 N–H and O–H groups in total. The molecule has 2 heteroatoms. The van der Waals surface area contributed by atoms with E-state index in [2.05, 4.69) is 13.2 Å². The van der Waals surface area contributed by atoms with Crippen molar-refractivity contribution in [2.75, 3.05) is 0 Å². The Morgan fingerprint density at radius 3 is 2.00 bits per heavy atom. The van der Waals surface area contributed by atoms with Crippen molar-refractivity contribution in [1.82, 2.24) is 0 Å². The van der Waals surface area contributed by atoms with Crippen LogP contribution in [-0.2, 0) is 4.79 Å². The predicted octanol–water partition coefficient (Wildman–Crippen LogP) is 2.17. The van der Waals surface area contributed by atoms with Gasteiger partial charge in [0.25, 0.3) is 0 Å². The average molecular weight is 140 g/mol. The smallest absolute Gasteiger partial charge is 0.162 e. The Labute approximate surface area is 59.6 Å². The molecule has 0 aromatic rings. The van der Waals surface area contributed by atoms with Gasteiger partial charge in [-0.1, -0.05) is 19.2 Å².